The van der Waals surface area contributed by atoms with Crippen molar-refractivity contribution in [3.63, 3.8) is 0 Å². The van der Waals surface area contributed by atoms with Crippen molar-refractivity contribution in [1.82, 2.24) is 9.97 Å². The molecule has 2 aromatic rings. The molecule has 6 heteroatoms. The third-order valence-electron chi connectivity index (χ3n) is 2.75. The minimum absolute atomic E-state index is 0.00449. The van der Waals surface area contributed by atoms with Gasteiger partial charge in [-0.1, -0.05) is 13.8 Å². The van der Waals surface area contributed by atoms with Gasteiger partial charge in [0.05, 0.1) is 11.3 Å². The lowest BCUT2D eigenvalue weighted by atomic mass is 10.1. The second-order valence-corrected chi connectivity index (χ2v) is 4.70. The van der Waals surface area contributed by atoms with Gasteiger partial charge in [0.25, 0.3) is 5.56 Å². The Balaban J connectivity index is 2.62. The molecule has 1 aromatic carbocycles. The number of rotatable bonds is 3. The fourth-order valence-corrected chi connectivity index (χ4v) is 1.76. The van der Waals surface area contributed by atoms with Crippen LogP contribution in [0.1, 0.15) is 35.9 Å². The van der Waals surface area contributed by atoms with E-state index in [9.17, 15) is 14.0 Å². The molecule has 0 aliphatic carbocycles. The highest BCUT2D eigenvalue weighted by atomic mass is 19.1. The number of hydrogen-bond acceptors (Lipinski definition) is 3. The Bertz CT molecular complexity index is 723. The topological polar surface area (TPSA) is 83.0 Å². The van der Waals surface area contributed by atoms with Crippen LogP contribution >= 0.6 is 0 Å². The first-order valence-corrected chi connectivity index (χ1v) is 6.02. The molecule has 2 rings (SSSR count). The molecule has 0 fully saturated rings. The van der Waals surface area contributed by atoms with Gasteiger partial charge in [0.15, 0.2) is 0 Å². The van der Waals surface area contributed by atoms with Crippen LogP contribution in [0, 0.1) is 5.82 Å². The van der Waals surface area contributed by atoms with Crippen LogP contribution in [0.15, 0.2) is 29.1 Å². The smallest absolute Gasteiger partial charge is 0.335 e. The summed E-state index contributed by atoms with van der Waals surface area (Å²) in [6.07, 6.45) is 0. The number of halogens is 1. The number of nitrogens with one attached hydrogen (secondary N) is 1. The lowest BCUT2D eigenvalue weighted by Gasteiger charge is -2.07. The van der Waals surface area contributed by atoms with Crippen molar-refractivity contribution in [3.05, 3.63) is 51.8 Å². The number of hydrogen-bond donors (Lipinski definition) is 2. The molecule has 2 N–H and O–H groups in total. The zero-order chi connectivity index (χ0) is 14.9. The lowest BCUT2D eigenvalue weighted by Crippen LogP contribution is -2.12. The third kappa shape index (κ3) is 2.90. The second kappa shape index (κ2) is 5.24. The summed E-state index contributed by atoms with van der Waals surface area (Å²) in [6.45, 7) is 3.71. The van der Waals surface area contributed by atoms with Crippen molar-refractivity contribution in [3.8, 4) is 11.3 Å². The van der Waals surface area contributed by atoms with Crippen molar-refractivity contribution in [2.45, 2.75) is 19.8 Å². The number of aromatic nitrogens is 2. The van der Waals surface area contributed by atoms with Crippen LogP contribution in [0.25, 0.3) is 11.3 Å². The van der Waals surface area contributed by atoms with Crippen LogP contribution in [-0.2, 0) is 0 Å². The van der Waals surface area contributed by atoms with E-state index in [0.717, 1.165) is 12.1 Å². The predicted octanol–water partition coefficient (Wildman–Crippen LogP) is 2.40. The average molecular weight is 276 g/mol. The Hall–Kier alpha value is -2.50. The van der Waals surface area contributed by atoms with E-state index in [0.29, 0.717) is 5.82 Å². The van der Waals surface area contributed by atoms with E-state index in [-0.39, 0.29) is 28.3 Å². The van der Waals surface area contributed by atoms with Crippen LogP contribution in [0.2, 0.25) is 0 Å². The fraction of sp³-hybridized carbons (Fsp3) is 0.214. The molecule has 0 aliphatic heterocycles. The molecule has 20 heavy (non-hydrogen) atoms. The molecule has 0 amide bonds. The quantitative estimate of drug-likeness (QED) is 0.901. The van der Waals surface area contributed by atoms with Gasteiger partial charge in [-0.25, -0.2) is 14.2 Å². The highest BCUT2D eigenvalue weighted by Crippen LogP contribution is 2.20. The summed E-state index contributed by atoms with van der Waals surface area (Å²) in [5.74, 6) is -1.46. The van der Waals surface area contributed by atoms with Crippen LogP contribution < -0.4 is 5.56 Å². The highest BCUT2D eigenvalue weighted by molar-refractivity contribution is 5.89. The first-order valence-electron chi connectivity index (χ1n) is 6.02. The maximum atomic E-state index is 13.5. The fourth-order valence-electron chi connectivity index (χ4n) is 1.76. The normalized spacial score (nSPS) is 10.8. The Morgan fingerprint density at radius 3 is 2.60 bits per heavy atom. The van der Waals surface area contributed by atoms with Gasteiger partial charge < -0.3 is 10.1 Å². The number of aromatic carboxylic acids is 1. The minimum Gasteiger partial charge on any atom is -0.478 e. The van der Waals surface area contributed by atoms with Crippen LogP contribution in [0.3, 0.4) is 0 Å². The number of carboxylic acid groups (broad SMARTS) is 1. The average Bonchev–Trinajstić information content (AvgIpc) is 2.37. The molecule has 0 radical (unpaired) electrons. The van der Waals surface area contributed by atoms with Gasteiger partial charge in [0.2, 0.25) is 0 Å². The largest absolute Gasteiger partial charge is 0.478 e. The van der Waals surface area contributed by atoms with Crippen LogP contribution in [0.5, 0.6) is 0 Å². The zero-order valence-electron chi connectivity index (χ0n) is 11.0. The molecular formula is C14H13FN2O3. The van der Waals surface area contributed by atoms with Gasteiger partial charge >= 0.3 is 5.97 Å². The summed E-state index contributed by atoms with van der Waals surface area (Å²) in [5, 5.41) is 8.92. The summed E-state index contributed by atoms with van der Waals surface area (Å²) in [5.41, 5.74) is -0.0390. The molecule has 0 spiro atoms. The maximum absolute atomic E-state index is 13.5. The number of H-pyrrole nitrogens is 1. The number of nitrogens with zero attached hydrogens (tertiary/aromatic N) is 1. The van der Waals surface area contributed by atoms with Crippen molar-refractivity contribution in [1.29, 1.82) is 0 Å². The molecule has 0 saturated carbocycles. The second-order valence-electron chi connectivity index (χ2n) is 4.70. The first-order chi connectivity index (χ1) is 9.36. The summed E-state index contributed by atoms with van der Waals surface area (Å²) in [4.78, 5) is 29.3. The third-order valence-corrected chi connectivity index (χ3v) is 2.75. The lowest BCUT2D eigenvalue weighted by molar-refractivity contribution is 0.0696. The van der Waals surface area contributed by atoms with E-state index in [2.05, 4.69) is 9.97 Å². The number of carbonyl (C=O) groups is 1. The molecular weight excluding hydrogens is 263 g/mol. The molecule has 1 heterocycles. The van der Waals surface area contributed by atoms with Crippen LogP contribution in [-0.4, -0.2) is 21.0 Å². The summed E-state index contributed by atoms with van der Waals surface area (Å²) >= 11 is 0. The molecule has 0 bridgehead atoms. The molecule has 0 aliphatic rings. The molecule has 0 saturated heterocycles. The van der Waals surface area contributed by atoms with E-state index in [4.69, 9.17) is 5.11 Å². The molecule has 0 unspecified atom stereocenters. The van der Waals surface area contributed by atoms with E-state index in [1.165, 1.54) is 12.1 Å². The van der Waals surface area contributed by atoms with Gasteiger partial charge in [0.1, 0.15) is 11.6 Å². The van der Waals surface area contributed by atoms with E-state index in [1.54, 1.807) is 0 Å². The molecule has 5 nitrogen and oxygen atoms in total. The van der Waals surface area contributed by atoms with Gasteiger partial charge in [-0.2, -0.15) is 0 Å². The Morgan fingerprint density at radius 1 is 1.30 bits per heavy atom. The van der Waals surface area contributed by atoms with Gasteiger partial charge in [-0.15, -0.1) is 0 Å². The van der Waals surface area contributed by atoms with Gasteiger partial charge in [-0.3, -0.25) is 4.79 Å². The van der Waals surface area contributed by atoms with Crippen LogP contribution in [0.4, 0.5) is 4.39 Å². The van der Waals surface area contributed by atoms with Gasteiger partial charge in [0, 0.05) is 17.5 Å². The predicted molar refractivity (Wildman–Crippen MR) is 71.3 cm³/mol. The number of aromatic amines is 1. The Labute approximate surface area is 114 Å². The monoisotopic (exact) mass is 276 g/mol. The SMILES string of the molecule is CC(C)c1nc(-c2cc(F)cc(C(=O)O)c2)cc(=O)[nH]1. The Morgan fingerprint density at radius 2 is 2.00 bits per heavy atom. The summed E-state index contributed by atoms with van der Waals surface area (Å²) in [6, 6.07) is 4.57. The van der Waals surface area contributed by atoms with Gasteiger partial charge in [-0.05, 0) is 18.2 Å². The van der Waals surface area contributed by atoms with E-state index in [1.807, 2.05) is 13.8 Å². The molecule has 1 aromatic heterocycles. The Kier molecular flexibility index (Phi) is 3.65. The van der Waals surface area contributed by atoms with Crippen molar-refractivity contribution in [2.75, 3.05) is 0 Å². The number of benzene rings is 1. The standard InChI is InChI=1S/C14H13FN2O3/c1-7(2)13-16-11(6-12(18)17-13)8-3-9(14(19)20)5-10(15)4-8/h3-7H,1-2H3,(H,19,20)(H,16,17,18). The van der Waals surface area contributed by atoms with Crippen molar-refractivity contribution in [2.24, 2.45) is 0 Å². The van der Waals surface area contributed by atoms with Crippen molar-refractivity contribution >= 4 is 5.97 Å². The van der Waals surface area contributed by atoms with Crippen molar-refractivity contribution < 1.29 is 14.3 Å². The van der Waals surface area contributed by atoms with E-state index >= 15 is 0 Å². The maximum Gasteiger partial charge on any atom is 0.335 e. The number of carboxylic acids is 1. The summed E-state index contributed by atoms with van der Waals surface area (Å²) < 4.78 is 13.5. The minimum atomic E-state index is -1.24. The first kappa shape index (κ1) is 13.9. The highest BCUT2D eigenvalue weighted by Gasteiger charge is 2.11. The van der Waals surface area contributed by atoms with E-state index < -0.39 is 11.8 Å². The summed E-state index contributed by atoms with van der Waals surface area (Å²) in [7, 11) is 0. The molecule has 0 atom stereocenters. The molecule has 104 valence electrons. The zero-order valence-corrected chi connectivity index (χ0v) is 11.0.